The number of halogens is 1. The monoisotopic (exact) mass is 358 g/mol. The second kappa shape index (κ2) is 8.21. The summed E-state index contributed by atoms with van der Waals surface area (Å²) < 4.78 is 11.2. The lowest BCUT2D eigenvalue weighted by Crippen LogP contribution is -2.27. The van der Waals surface area contributed by atoms with Gasteiger partial charge in [-0.15, -0.1) is 12.4 Å². The Labute approximate surface area is 155 Å². The predicted octanol–water partition coefficient (Wildman–Crippen LogP) is 5.08. The Morgan fingerprint density at radius 3 is 2.68 bits per heavy atom. The van der Waals surface area contributed by atoms with Gasteiger partial charge in [-0.1, -0.05) is 48.6 Å². The van der Waals surface area contributed by atoms with Crippen LogP contribution in [0.1, 0.15) is 31.4 Å². The standard InChI is InChI=1S/C21H22O3.ClH/c1-21(2,13-12-16-7-4-3-5-8-16)20(22)24-18-11-10-17-9-6-14-23-19(17)15-18;/h3-5,7-8,10-13,15H,6,9,14H2,1-2H3;1H/b13-12+;. The van der Waals surface area contributed by atoms with Crippen molar-refractivity contribution in [3.63, 3.8) is 0 Å². The minimum absolute atomic E-state index is 0. The van der Waals surface area contributed by atoms with E-state index in [1.165, 1.54) is 5.56 Å². The average molecular weight is 359 g/mol. The van der Waals surface area contributed by atoms with Crippen LogP contribution in [0.3, 0.4) is 0 Å². The summed E-state index contributed by atoms with van der Waals surface area (Å²) in [6.45, 7) is 4.42. The summed E-state index contributed by atoms with van der Waals surface area (Å²) in [5.74, 6) is 1.07. The third-order valence-electron chi connectivity index (χ3n) is 4.12. The van der Waals surface area contributed by atoms with Gasteiger partial charge in [-0.05, 0) is 43.9 Å². The fourth-order valence-corrected chi connectivity index (χ4v) is 2.56. The molecule has 0 amide bonds. The molecule has 0 atom stereocenters. The fourth-order valence-electron chi connectivity index (χ4n) is 2.56. The lowest BCUT2D eigenvalue weighted by molar-refractivity contribution is -0.141. The summed E-state index contributed by atoms with van der Waals surface area (Å²) in [7, 11) is 0. The van der Waals surface area contributed by atoms with Crippen molar-refractivity contribution in [1.82, 2.24) is 0 Å². The van der Waals surface area contributed by atoms with Crippen molar-refractivity contribution < 1.29 is 14.3 Å². The molecule has 0 spiro atoms. The van der Waals surface area contributed by atoms with E-state index in [-0.39, 0.29) is 18.4 Å². The Bertz CT molecular complexity index is 751. The summed E-state index contributed by atoms with van der Waals surface area (Å²) in [6.07, 6.45) is 5.86. The average Bonchev–Trinajstić information content (AvgIpc) is 2.61. The van der Waals surface area contributed by atoms with Crippen LogP contribution in [0, 0.1) is 5.41 Å². The van der Waals surface area contributed by atoms with Crippen LogP contribution in [-0.2, 0) is 11.2 Å². The summed E-state index contributed by atoms with van der Waals surface area (Å²) >= 11 is 0. The van der Waals surface area contributed by atoms with Gasteiger partial charge >= 0.3 is 5.97 Å². The lowest BCUT2D eigenvalue weighted by atomic mass is 9.92. The molecule has 25 heavy (non-hydrogen) atoms. The van der Waals surface area contributed by atoms with Crippen LogP contribution in [0.5, 0.6) is 11.5 Å². The van der Waals surface area contributed by atoms with E-state index < -0.39 is 5.41 Å². The molecule has 1 aliphatic rings. The van der Waals surface area contributed by atoms with Crippen LogP contribution < -0.4 is 9.47 Å². The molecule has 0 saturated heterocycles. The maximum atomic E-state index is 12.5. The molecule has 0 radical (unpaired) electrons. The van der Waals surface area contributed by atoms with Crippen molar-refractivity contribution in [2.45, 2.75) is 26.7 Å². The Hall–Kier alpha value is -2.26. The van der Waals surface area contributed by atoms with Gasteiger partial charge in [0, 0.05) is 6.07 Å². The van der Waals surface area contributed by atoms with E-state index in [9.17, 15) is 4.79 Å². The van der Waals surface area contributed by atoms with Gasteiger partial charge in [0.2, 0.25) is 0 Å². The quantitative estimate of drug-likeness (QED) is 0.565. The Morgan fingerprint density at radius 1 is 1.16 bits per heavy atom. The lowest BCUT2D eigenvalue weighted by Gasteiger charge is -2.20. The van der Waals surface area contributed by atoms with Gasteiger partial charge in [0.25, 0.3) is 0 Å². The van der Waals surface area contributed by atoms with E-state index in [1.807, 2.05) is 74.5 Å². The minimum Gasteiger partial charge on any atom is -0.493 e. The van der Waals surface area contributed by atoms with Crippen LogP contribution >= 0.6 is 12.4 Å². The van der Waals surface area contributed by atoms with Gasteiger partial charge in [0.15, 0.2) is 0 Å². The van der Waals surface area contributed by atoms with Gasteiger partial charge in [0.05, 0.1) is 12.0 Å². The van der Waals surface area contributed by atoms with Gasteiger partial charge in [-0.3, -0.25) is 4.79 Å². The zero-order chi connectivity index (χ0) is 17.0. The first-order chi connectivity index (χ1) is 11.5. The first kappa shape index (κ1) is 19.1. The molecule has 3 nitrogen and oxygen atoms in total. The number of hydrogen-bond acceptors (Lipinski definition) is 3. The Morgan fingerprint density at radius 2 is 1.92 bits per heavy atom. The molecule has 1 aliphatic heterocycles. The van der Waals surface area contributed by atoms with E-state index in [1.54, 1.807) is 0 Å². The molecular formula is C21H23ClO3. The molecule has 3 rings (SSSR count). The molecule has 1 heterocycles. The summed E-state index contributed by atoms with van der Waals surface area (Å²) in [5, 5.41) is 0. The molecule has 4 heteroatoms. The van der Waals surface area contributed by atoms with Gasteiger partial charge in [0.1, 0.15) is 11.5 Å². The molecule has 0 fully saturated rings. The number of aryl methyl sites for hydroxylation is 1. The second-order valence-electron chi connectivity index (χ2n) is 6.58. The third-order valence-corrected chi connectivity index (χ3v) is 4.12. The van der Waals surface area contributed by atoms with E-state index in [0.717, 1.165) is 30.8 Å². The molecule has 0 aromatic heterocycles. The second-order valence-corrected chi connectivity index (χ2v) is 6.58. The van der Waals surface area contributed by atoms with Crippen molar-refractivity contribution in [3.8, 4) is 11.5 Å². The van der Waals surface area contributed by atoms with E-state index in [0.29, 0.717) is 5.75 Å². The molecule has 0 unspecified atom stereocenters. The van der Waals surface area contributed by atoms with E-state index in [2.05, 4.69) is 0 Å². The van der Waals surface area contributed by atoms with Crippen molar-refractivity contribution in [2.24, 2.45) is 5.41 Å². The van der Waals surface area contributed by atoms with Crippen molar-refractivity contribution >= 4 is 24.5 Å². The summed E-state index contributed by atoms with van der Waals surface area (Å²) in [5.41, 5.74) is 1.51. The van der Waals surface area contributed by atoms with E-state index >= 15 is 0 Å². The first-order valence-corrected chi connectivity index (χ1v) is 8.27. The summed E-state index contributed by atoms with van der Waals surface area (Å²) in [4.78, 5) is 12.5. The number of esters is 1. The fraction of sp³-hybridized carbons (Fsp3) is 0.286. The number of ether oxygens (including phenoxy) is 2. The highest BCUT2D eigenvalue weighted by Gasteiger charge is 2.27. The zero-order valence-electron chi connectivity index (χ0n) is 14.5. The highest BCUT2D eigenvalue weighted by Crippen LogP contribution is 2.30. The first-order valence-electron chi connectivity index (χ1n) is 8.27. The predicted molar refractivity (Wildman–Crippen MR) is 102 cm³/mol. The number of rotatable bonds is 4. The van der Waals surface area contributed by atoms with Crippen LogP contribution in [-0.4, -0.2) is 12.6 Å². The number of benzene rings is 2. The third kappa shape index (κ3) is 4.86. The van der Waals surface area contributed by atoms with Crippen LogP contribution in [0.4, 0.5) is 0 Å². The number of carbonyl (C=O) groups excluding carboxylic acids is 1. The van der Waals surface area contributed by atoms with Crippen molar-refractivity contribution in [3.05, 3.63) is 65.7 Å². The highest BCUT2D eigenvalue weighted by molar-refractivity contribution is 5.85. The minimum atomic E-state index is -0.716. The molecule has 2 aromatic carbocycles. The maximum Gasteiger partial charge on any atom is 0.320 e. The van der Waals surface area contributed by atoms with Gasteiger partial charge in [-0.25, -0.2) is 0 Å². The van der Waals surface area contributed by atoms with Crippen LogP contribution in [0.15, 0.2) is 54.6 Å². The Kier molecular flexibility index (Phi) is 6.27. The SMILES string of the molecule is CC(C)(/C=C/c1ccccc1)C(=O)Oc1ccc2c(c1)OCCC2.Cl. The number of hydrogen-bond donors (Lipinski definition) is 0. The van der Waals surface area contributed by atoms with Crippen LogP contribution in [0.2, 0.25) is 0 Å². The molecular weight excluding hydrogens is 336 g/mol. The van der Waals surface area contributed by atoms with Gasteiger partial charge in [-0.2, -0.15) is 0 Å². The highest BCUT2D eigenvalue weighted by atomic mass is 35.5. The number of carbonyl (C=O) groups is 1. The van der Waals surface area contributed by atoms with Crippen molar-refractivity contribution in [1.29, 1.82) is 0 Å². The van der Waals surface area contributed by atoms with Crippen LogP contribution in [0.25, 0.3) is 6.08 Å². The molecule has 0 bridgehead atoms. The molecule has 2 aromatic rings. The smallest absolute Gasteiger partial charge is 0.320 e. The summed E-state index contributed by atoms with van der Waals surface area (Å²) in [6, 6.07) is 15.5. The normalized spacial score (nSPS) is 13.5. The topological polar surface area (TPSA) is 35.5 Å². The van der Waals surface area contributed by atoms with Crippen molar-refractivity contribution in [2.75, 3.05) is 6.61 Å². The van der Waals surface area contributed by atoms with Gasteiger partial charge < -0.3 is 9.47 Å². The molecule has 0 saturated carbocycles. The maximum absolute atomic E-state index is 12.5. The molecule has 132 valence electrons. The number of fused-ring (bicyclic) bond motifs is 1. The molecule has 0 aliphatic carbocycles. The molecule has 0 N–H and O–H groups in total. The van der Waals surface area contributed by atoms with E-state index in [4.69, 9.17) is 9.47 Å². The largest absolute Gasteiger partial charge is 0.493 e. The Balaban J connectivity index is 0.00000225. The zero-order valence-corrected chi connectivity index (χ0v) is 15.3.